The Morgan fingerprint density at radius 1 is 1.52 bits per heavy atom. The molecular formula is C13H16N4O3S. The Bertz CT molecular complexity index is 636. The van der Waals surface area contributed by atoms with Gasteiger partial charge < -0.3 is 10.1 Å². The van der Waals surface area contributed by atoms with E-state index in [4.69, 9.17) is 4.74 Å². The Hall–Kier alpha value is -2.22. The first-order chi connectivity index (χ1) is 10.0. The van der Waals surface area contributed by atoms with E-state index in [2.05, 4.69) is 15.4 Å². The van der Waals surface area contributed by atoms with Crippen molar-refractivity contribution in [2.45, 2.75) is 26.8 Å². The summed E-state index contributed by atoms with van der Waals surface area (Å²) >= 11 is 1.20. The topological polar surface area (TPSA) is 86.1 Å². The van der Waals surface area contributed by atoms with Gasteiger partial charge in [-0.05, 0) is 32.4 Å². The number of thiophene rings is 1. The second-order valence-corrected chi connectivity index (χ2v) is 5.44. The van der Waals surface area contributed by atoms with Crippen molar-refractivity contribution in [3.63, 3.8) is 0 Å². The molecule has 0 aliphatic rings. The molecular weight excluding hydrogens is 292 g/mol. The molecule has 0 aromatic carbocycles. The normalized spacial score (nSPS) is 12.0. The van der Waals surface area contributed by atoms with Crippen LogP contribution in [0.2, 0.25) is 0 Å². The highest BCUT2D eigenvalue weighted by atomic mass is 32.1. The fraction of sp³-hybridized carbons (Fsp3) is 0.385. The summed E-state index contributed by atoms with van der Waals surface area (Å²) in [6.45, 7) is 5.60. The van der Waals surface area contributed by atoms with Gasteiger partial charge in [-0.3, -0.25) is 4.79 Å². The van der Waals surface area contributed by atoms with Gasteiger partial charge in [-0.25, -0.2) is 14.5 Å². The fourth-order valence-corrected chi connectivity index (χ4v) is 2.68. The van der Waals surface area contributed by atoms with Crippen LogP contribution in [-0.4, -0.2) is 33.2 Å². The quantitative estimate of drug-likeness (QED) is 0.854. The number of nitrogens with zero attached hydrogens (tertiary/aromatic N) is 3. The molecule has 2 aromatic rings. The zero-order valence-electron chi connectivity index (χ0n) is 12.0. The van der Waals surface area contributed by atoms with Crippen molar-refractivity contribution in [1.29, 1.82) is 0 Å². The lowest BCUT2D eigenvalue weighted by atomic mass is 10.3. The fourth-order valence-electron chi connectivity index (χ4n) is 1.71. The van der Waals surface area contributed by atoms with Crippen LogP contribution < -0.4 is 5.32 Å². The van der Waals surface area contributed by atoms with E-state index in [1.807, 2.05) is 0 Å². The Balaban J connectivity index is 2.08. The van der Waals surface area contributed by atoms with E-state index in [0.29, 0.717) is 16.5 Å². The Kier molecular flexibility index (Phi) is 4.69. The third-order valence-corrected chi connectivity index (χ3v) is 3.97. The summed E-state index contributed by atoms with van der Waals surface area (Å²) in [5, 5.41) is 7.30. The molecule has 1 amide bonds. The lowest BCUT2D eigenvalue weighted by molar-refractivity contribution is -0.119. The zero-order valence-corrected chi connectivity index (χ0v) is 12.8. The first-order valence-corrected chi connectivity index (χ1v) is 7.27. The second kappa shape index (κ2) is 6.49. The van der Waals surface area contributed by atoms with Gasteiger partial charge in [-0.15, -0.1) is 11.3 Å². The number of anilines is 1. The highest BCUT2D eigenvalue weighted by Gasteiger charge is 2.19. The Morgan fingerprint density at radius 2 is 2.29 bits per heavy atom. The molecule has 0 saturated carbocycles. The maximum atomic E-state index is 12.1. The average Bonchev–Trinajstić information content (AvgIpc) is 3.07. The van der Waals surface area contributed by atoms with Crippen LogP contribution in [0.5, 0.6) is 0 Å². The lowest BCUT2D eigenvalue weighted by Gasteiger charge is -2.10. The molecule has 8 heteroatoms. The molecule has 1 N–H and O–H groups in total. The van der Waals surface area contributed by atoms with Crippen LogP contribution in [0.25, 0.3) is 0 Å². The molecule has 2 aromatic heterocycles. The number of carbonyl (C=O) groups is 2. The first kappa shape index (κ1) is 15.2. The van der Waals surface area contributed by atoms with Crippen LogP contribution in [-0.2, 0) is 9.53 Å². The third kappa shape index (κ3) is 3.46. The molecule has 21 heavy (non-hydrogen) atoms. The van der Waals surface area contributed by atoms with Crippen LogP contribution in [0.3, 0.4) is 0 Å². The van der Waals surface area contributed by atoms with Crippen LogP contribution in [0.15, 0.2) is 18.7 Å². The van der Waals surface area contributed by atoms with Gasteiger partial charge in [0, 0.05) is 0 Å². The van der Waals surface area contributed by atoms with Gasteiger partial charge in [-0.1, -0.05) is 0 Å². The smallest absolute Gasteiger partial charge is 0.348 e. The number of nitrogens with one attached hydrogen (secondary N) is 1. The summed E-state index contributed by atoms with van der Waals surface area (Å²) in [5.74, 6) is -0.595. The van der Waals surface area contributed by atoms with E-state index in [9.17, 15) is 9.59 Å². The second-order valence-electron chi connectivity index (χ2n) is 4.38. The maximum Gasteiger partial charge on any atom is 0.348 e. The molecule has 0 saturated heterocycles. The molecule has 0 aliphatic heterocycles. The number of carbonyl (C=O) groups excluding carboxylic acids is 2. The molecule has 0 fully saturated rings. The number of rotatable bonds is 5. The summed E-state index contributed by atoms with van der Waals surface area (Å²) < 4.78 is 6.43. The number of amides is 1. The minimum atomic E-state index is -0.485. The monoisotopic (exact) mass is 308 g/mol. The van der Waals surface area contributed by atoms with E-state index in [1.165, 1.54) is 28.7 Å². The van der Waals surface area contributed by atoms with E-state index >= 15 is 0 Å². The molecule has 2 rings (SSSR count). The predicted octanol–water partition coefficient (Wildman–Crippen LogP) is 2.02. The van der Waals surface area contributed by atoms with Gasteiger partial charge >= 0.3 is 5.97 Å². The molecule has 7 nitrogen and oxygen atoms in total. The van der Waals surface area contributed by atoms with Crippen LogP contribution >= 0.6 is 11.3 Å². The van der Waals surface area contributed by atoms with Gasteiger partial charge in [0.15, 0.2) is 0 Å². The molecule has 0 bridgehead atoms. The van der Waals surface area contributed by atoms with E-state index < -0.39 is 6.04 Å². The van der Waals surface area contributed by atoms with Crippen molar-refractivity contribution in [3.05, 3.63) is 29.2 Å². The van der Waals surface area contributed by atoms with Crippen molar-refractivity contribution in [1.82, 2.24) is 14.8 Å². The van der Waals surface area contributed by atoms with E-state index in [-0.39, 0.29) is 11.9 Å². The summed E-state index contributed by atoms with van der Waals surface area (Å²) in [7, 11) is 0. The number of aromatic nitrogens is 3. The number of hydrogen-bond acceptors (Lipinski definition) is 6. The summed E-state index contributed by atoms with van der Waals surface area (Å²) in [4.78, 5) is 28.2. The molecule has 0 radical (unpaired) electrons. The van der Waals surface area contributed by atoms with Crippen LogP contribution in [0, 0.1) is 6.92 Å². The van der Waals surface area contributed by atoms with Crippen molar-refractivity contribution in [2.24, 2.45) is 0 Å². The van der Waals surface area contributed by atoms with Gasteiger partial charge in [-0.2, -0.15) is 5.10 Å². The van der Waals surface area contributed by atoms with Crippen molar-refractivity contribution >= 4 is 28.2 Å². The minimum Gasteiger partial charge on any atom is -0.462 e. The van der Waals surface area contributed by atoms with Crippen molar-refractivity contribution in [3.8, 4) is 0 Å². The SMILES string of the molecule is CCOC(=O)c1sc(NC(=O)C(C)n2cncn2)cc1C. The Labute approximate surface area is 125 Å². The average molecular weight is 308 g/mol. The van der Waals surface area contributed by atoms with Gasteiger partial charge in [0.2, 0.25) is 5.91 Å². The third-order valence-electron chi connectivity index (χ3n) is 2.84. The zero-order chi connectivity index (χ0) is 15.4. The summed E-state index contributed by atoms with van der Waals surface area (Å²) in [6, 6.07) is 1.27. The number of ether oxygens (including phenoxy) is 1. The predicted molar refractivity (Wildman–Crippen MR) is 78.4 cm³/mol. The van der Waals surface area contributed by atoms with Crippen molar-refractivity contribution < 1.29 is 14.3 Å². The summed E-state index contributed by atoms with van der Waals surface area (Å²) in [6.07, 6.45) is 2.85. The van der Waals surface area contributed by atoms with E-state index in [1.54, 1.807) is 26.8 Å². The van der Waals surface area contributed by atoms with Crippen molar-refractivity contribution in [2.75, 3.05) is 11.9 Å². The molecule has 112 valence electrons. The molecule has 0 spiro atoms. The van der Waals surface area contributed by atoms with Gasteiger partial charge in [0.25, 0.3) is 0 Å². The lowest BCUT2D eigenvalue weighted by Crippen LogP contribution is -2.23. The molecule has 2 heterocycles. The highest BCUT2D eigenvalue weighted by Crippen LogP contribution is 2.27. The molecule has 1 atom stereocenters. The highest BCUT2D eigenvalue weighted by molar-refractivity contribution is 7.18. The largest absolute Gasteiger partial charge is 0.462 e. The number of hydrogen-bond donors (Lipinski definition) is 1. The van der Waals surface area contributed by atoms with Gasteiger partial charge in [0.05, 0.1) is 11.6 Å². The number of esters is 1. The maximum absolute atomic E-state index is 12.1. The Morgan fingerprint density at radius 3 is 2.90 bits per heavy atom. The molecule has 0 aliphatic carbocycles. The number of aryl methyl sites for hydroxylation is 1. The minimum absolute atomic E-state index is 0.225. The van der Waals surface area contributed by atoms with Crippen LogP contribution in [0.1, 0.15) is 35.1 Å². The first-order valence-electron chi connectivity index (χ1n) is 6.45. The summed E-state index contributed by atoms with van der Waals surface area (Å²) in [5.41, 5.74) is 0.780. The van der Waals surface area contributed by atoms with Crippen LogP contribution in [0.4, 0.5) is 5.00 Å². The van der Waals surface area contributed by atoms with Gasteiger partial charge in [0.1, 0.15) is 23.6 Å². The molecule has 1 unspecified atom stereocenters. The standard InChI is InChI=1S/C13H16N4O3S/c1-4-20-13(19)11-8(2)5-10(21-11)16-12(18)9(3)17-7-14-6-15-17/h5-7,9H,4H2,1-3H3,(H,16,18). The van der Waals surface area contributed by atoms with E-state index in [0.717, 1.165) is 5.56 Å².